The first-order valence-electron chi connectivity index (χ1n) is 9.39. The minimum atomic E-state index is -0.488. The van der Waals surface area contributed by atoms with Crippen molar-refractivity contribution in [2.45, 2.75) is 26.8 Å². The van der Waals surface area contributed by atoms with Crippen LogP contribution in [0.3, 0.4) is 0 Å². The quantitative estimate of drug-likeness (QED) is 0.575. The molecular weight excluding hydrogens is 389 g/mol. The highest BCUT2D eigenvalue weighted by Crippen LogP contribution is 2.24. The third-order valence-electron chi connectivity index (χ3n) is 4.60. The van der Waals surface area contributed by atoms with E-state index >= 15 is 0 Å². The molecule has 0 aliphatic heterocycles. The van der Waals surface area contributed by atoms with Crippen molar-refractivity contribution in [2.24, 2.45) is 0 Å². The summed E-state index contributed by atoms with van der Waals surface area (Å²) in [4.78, 5) is 32.0. The molecule has 0 unspecified atom stereocenters. The fraction of sp³-hybridized carbons (Fsp3) is 0.227. The van der Waals surface area contributed by atoms with Crippen molar-refractivity contribution in [2.75, 3.05) is 7.11 Å². The number of amides is 1. The highest BCUT2D eigenvalue weighted by molar-refractivity contribution is 6.00. The maximum absolute atomic E-state index is 13.4. The zero-order valence-corrected chi connectivity index (χ0v) is 16.9. The second-order valence-corrected chi connectivity index (χ2v) is 6.53. The number of rotatable bonds is 7. The molecular formula is C22H22FN3O4. The summed E-state index contributed by atoms with van der Waals surface area (Å²) in [6, 6.07) is 9.18. The summed E-state index contributed by atoms with van der Waals surface area (Å²) in [5, 5.41) is 2.80. The van der Waals surface area contributed by atoms with E-state index in [-0.39, 0.29) is 18.3 Å². The molecule has 2 heterocycles. The Hall–Kier alpha value is -3.68. The van der Waals surface area contributed by atoms with Crippen molar-refractivity contribution in [3.8, 4) is 11.6 Å². The monoisotopic (exact) mass is 411 g/mol. The van der Waals surface area contributed by atoms with Crippen LogP contribution in [0.25, 0.3) is 0 Å². The molecule has 0 bridgehead atoms. The fourth-order valence-corrected chi connectivity index (χ4v) is 3.09. The van der Waals surface area contributed by atoms with Crippen LogP contribution in [-0.2, 0) is 17.7 Å². The molecule has 0 aliphatic rings. The molecule has 0 fully saturated rings. The van der Waals surface area contributed by atoms with Crippen molar-refractivity contribution in [1.82, 2.24) is 15.3 Å². The number of ether oxygens (including phenoxy) is 2. The molecule has 0 aliphatic carbocycles. The lowest BCUT2D eigenvalue weighted by Gasteiger charge is -2.11. The number of nitrogens with one attached hydrogen (secondary N) is 2. The maximum atomic E-state index is 13.4. The van der Waals surface area contributed by atoms with E-state index in [2.05, 4.69) is 15.3 Å². The largest absolute Gasteiger partial charge is 0.465 e. The Morgan fingerprint density at radius 1 is 1.23 bits per heavy atom. The van der Waals surface area contributed by atoms with E-state index in [1.165, 1.54) is 25.3 Å². The molecule has 1 amide bonds. The molecule has 7 nitrogen and oxygen atoms in total. The molecule has 8 heteroatoms. The van der Waals surface area contributed by atoms with Gasteiger partial charge in [-0.2, -0.15) is 0 Å². The number of benzene rings is 1. The van der Waals surface area contributed by atoms with E-state index in [0.29, 0.717) is 40.2 Å². The Kier molecular flexibility index (Phi) is 6.46. The minimum Gasteiger partial charge on any atom is -0.465 e. The SMILES string of the molecule is CCc1[nH]c(C(=O)NCc2cccnc2Oc2cccc(F)c2)c(C)c1C(=O)OC. The summed E-state index contributed by atoms with van der Waals surface area (Å²) >= 11 is 0. The standard InChI is InChI=1S/C22H22FN3O4/c1-4-17-18(22(28)29-3)13(2)19(26-17)20(27)25-12-14-7-6-10-24-21(14)30-16-9-5-8-15(23)11-16/h5-11,26H,4,12H2,1-3H3,(H,25,27). The van der Waals surface area contributed by atoms with Crippen LogP contribution >= 0.6 is 0 Å². The third-order valence-corrected chi connectivity index (χ3v) is 4.60. The van der Waals surface area contributed by atoms with Gasteiger partial charge < -0.3 is 19.8 Å². The summed E-state index contributed by atoms with van der Waals surface area (Å²) < 4.78 is 23.9. The summed E-state index contributed by atoms with van der Waals surface area (Å²) in [7, 11) is 1.30. The topological polar surface area (TPSA) is 93.3 Å². The van der Waals surface area contributed by atoms with Gasteiger partial charge in [0.05, 0.1) is 12.7 Å². The number of aromatic amines is 1. The summed E-state index contributed by atoms with van der Waals surface area (Å²) in [6.07, 6.45) is 2.10. The van der Waals surface area contributed by atoms with Gasteiger partial charge in [0.25, 0.3) is 5.91 Å². The molecule has 2 aromatic heterocycles. The zero-order valence-electron chi connectivity index (χ0n) is 16.9. The van der Waals surface area contributed by atoms with E-state index in [1.54, 1.807) is 31.3 Å². The summed E-state index contributed by atoms with van der Waals surface area (Å²) in [5.74, 6) is -0.725. The first kappa shape index (κ1) is 21.0. The summed E-state index contributed by atoms with van der Waals surface area (Å²) in [5.41, 5.74) is 2.45. The number of methoxy groups -OCH3 is 1. The van der Waals surface area contributed by atoms with Crippen molar-refractivity contribution in [3.63, 3.8) is 0 Å². The van der Waals surface area contributed by atoms with Crippen molar-refractivity contribution >= 4 is 11.9 Å². The van der Waals surface area contributed by atoms with Crippen molar-refractivity contribution < 1.29 is 23.5 Å². The van der Waals surface area contributed by atoms with Crippen LogP contribution < -0.4 is 10.1 Å². The van der Waals surface area contributed by atoms with Gasteiger partial charge in [-0.05, 0) is 37.1 Å². The van der Waals surface area contributed by atoms with E-state index < -0.39 is 11.8 Å². The van der Waals surface area contributed by atoms with Crippen LogP contribution in [0.5, 0.6) is 11.6 Å². The number of nitrogens with zero attached hydrogens (tertiary/aromatic N) is 1. The molecule has 1 aromatic carbocycles. The first-order valence-corrected chi connectivity index (χ1v) is 9.39. The van der Waals surface area contributed by atoms with Gasteiger partial charge >= 0.3 is 5.97 Å². The van der Waals surface area contributed by atoms with Crippen LogP contribution in [0.2, 0.25) is 0 Å². The highest BCUT2D eigenvalue weighted by Gasteiger charge is 2.23. The van der Waals surface area contributed by atoms with Crippen LogP contribution in [-0.4, -0.2) is 29.0 Å². The molecule has 0 saturated heterocycles. The number of hydrogen-bond donors (Lipinski definition) is 2. The van der Waals surface area contributed by atoms with Crippen molar-refractivity contribution in [1.29, 1.82) is 0 Å². The van der Waals surface area contributed by atoms with Crippen molar-refractivity contribution in [3.05, 3.63) is 76.5 Å². The van der Waals surface area contributed by atoms with Crippen LogP contribution in [0.15, 0.2) is 42.6 Å². The molecule has 0 atom stereocenters. The highest BCUT2D eigenvalue weighted by atomic mass is 19.1. The number of pyridine rings is 1. The fourth-order valence-electron chi connectivity index (χ4n) is 3.09. The lowest BCUT2D eigenvalue weighted by molar-refractivity contribution is 0.0599. The molecule has 3 aromatic rings. The Balaban J connectivity index is 1.77. The zero-order chi connectivity index (χ0) is 21.7. The minimum absolute atomic E-state index is 0.130. The molecule has 30 heavy (non-hydrogen) atoms. The number of carbonyl (C=O) groups excluding carboxylic acids is 2. The second-order valence-electron chi connectivity index (χ2n) is 6.53. The van der Waals surface area contributed by atoms with E-state index in [1.807, 2.05) is 6.92 Å². The van der Waals surface area contributed by atoms with Gasteiger partial charge in [-0.25, -0.2) is 14.2 Å². The van der Waals surface area contributed by atoms with Gasteiger partial charge in [0.15, 0.2) is 0 Å². The molecule has 0 spiro atoms. The molecule has 2 N–H and O–H groups in total. The number of esters is 1. The van der Waals surface area contributed by atoms with E-state index in [9.17, 15) is 14.0 Å². The number of aromatic nitrogens is 2. The maximum Gasteiger partial charge on any atom is 0.339 e. The number of carbonyl (C=O) groups is 2. The number of hydrogen-bond acceptors (Lipinski definition) is 5. The number of H-pyrrole nitrogens is 1. The van der Waals surface area contributed by atoms with Gasteiger partial charge in [0.2, 0.25) is 5.88 Å². The van der Waals surface area contributed by atoms with Gasteiger partial charge in [-0.1, -0.05) is 19.1 Å². The van der Waals surface area contributed by atoms with E-state index in [4.69, 9.17) is 9.47 Å². The number of aryl methyl sites for hydroxylation is 1. The van der Waals surface area contributed by atoms with Gasteiger partial charge in [-0.15, -0.1) is 0 Å². The third kappa shape index (κ3) is 4.48. The van der Waals surface area contributed by atoms with Gasteiger partial charge in [-0.3, -0.25) is 4.79 Å². The average molecular weight is 411 g/mol. The smallest absolute Gasteiger partial charge is 0.339 e. The number of halogens is 1. The van der Waals surface area contributed by atoms with Crippen LogP contribution in [0.1, 0.15) is 44.6 Å². The Morgan fingerprint density at radius 2 is 2.03 bits per heavy atom. The van der Waals surface area contributed by atoms with E-state index in [0.717, 1.165) is 0 Å². The van der Waals surface area contributed by atoms with Gasteiger partial charge in [0, 0.05) is 30.1 Å². The predicted octanol–water partition coefficient (Wildman–Crippen LogP) is 3.93. The van der Waals surface area contributed by atoms with Gasteiger partial charge in [0.1, 0.15) is 17.3 Å². The molecule has 0 saturated carbocycles. The summed E-state index contributed by atoms with van der Waals surface area (Å²) in [6.45, 7) is 3.70. The Morgan fingerprint density at radius 3 is 2.73 bits per heavy atom. The average Bonchev–Trinajstić information content (AvgIpc) is 3.08. The normalized spacial score (nSPS) is 10.5. The predicted molar refractivity (Wildman–Crippen MR) is 108 cm³/mol. The molecule has 0 radical (unpaired) electrons. The van der Waals surface area contributed by atoms with Crippen LogP contribution in [0, 0.1) is 12.7 Å². The Labute approximate surface area is 173 Å². The molecule has 3 rings (SSSR count). The second kappa shape index (κ2) is 9.21. The molecule has 156 valence electrons. The lowest BCUT2D eigenvalue weighted by Crippen LogP contribution is -2.24. The Bertz CT molecular complexity index is 1080. The van der Waals surface area contributed by atoms with Crippen LogP contribution in [0.4, 0.5) is 4.39 Å². The first-order chi connectivity index (χ1) is 14.4. The lowest BCUT2D eigenvalue weighted by atomic mass is 10.1.